The van der Waals surface area contributed by atoms with Gasteiger partial charge in [-0.15, -0.1) is 0 Å². The summed E-state index contributed by atoms with van der Waals surface area (Å²) in [6.45, 7) is 7.25. The molecule has 0 amide bonds. The minimum atomic E-state index is 0.658. The molecule has 0 unspecified atom stereocenters. The van der Waals surface area contributed by atoms with Crippen molar-refractivity contribution in [3.8, 4) is 22.3 Å². The van der Waals surface area contributed by atoms with Gasteiger partial charge in [0.15, 0.2) is 5.69 Å². The molecule has 11 rings (SSSR count). The first-order valence-electron chi connectivity index (χ1n) is 17.3. The lowest BCUT2D eigenvalue weighted by atomic mass is 9.90. The van der Waals surface area contributed by atoms with Crippen LogP contribution in [-0.4, -0.2) is 0 Å². The second-order valence-corrected chi connectivity index (χ2v) is 13.5. The molecule has 2 nitrogen and oxygen atoms in total. The lowest BCUT2D eigenvalue weighted by molar-refractivity contribution is 0.673. The largest absolute Gasteiger partial charge is 0.455 e. The Labute approximate surface area is 293 Å². The van der Waals surface area contributed by atoms with Gasteiger partial charge in [-0.1, -0.05) is 133 Å². The van der Waals surface area contributed by atoms with Gasteiger partial charge in [-0.05, 0) is 112 Å². The highest BCUT2D eigenvalue weighted by Crippen LogP contribution is 2.45. The normalized spacial score (nSPS) is 11.9. The Balaban J connectivity index is 1.11. The second-order valence-electron chi connectivity index (χ2n) is 13.5. The molecule has 0 aliphatic rings. The van der Waals surface area contributed by atoms with Crippen molar-refractivity contribution in [2.75, 3.05) is 0 Å². The summed E-state index contributed by atoms with van der Waals surface area (Å²) < 4.78 is 6.81. The third-order valence-corrected chi connectivity index (χ3v) is 10.8. The van der Waals surface area contributed by atoms with Gasteiger partial charge in [-0.3, -0.25) is 0 Å². The molecule has 2 heteroatoms. The van der Waals surface area contributed by atoms with E-state index < -0.39 is 0 Å². The van der Waals surface area contributed by atoms with E-state index in [-0.39, 0.29) is 0 Å². The third-order valence-electron chi connectivity index (χ3n) is 10.8. The van der Waals surface area contributed by atoms with Crippen LogP contribution >= 0.6 is 0 Å². The van der Waals surface area contributed by atoms with E-state index in [4.69, 9.17) is 11.0 Å². The van der Waals surface area contributed by atoms with Crippen LogP contribution < -0.4 is 0 Å². The first-order valence-corrected chi connectivity index (χ1v) is 17.3. The quantitative estimate of drug-likeness (QED) is 0.135. The SMILES string of the molecule is [C-]#[N+]c1ccc(-c2ccc3cc(-c4ccc5c(c4)c4ccccc4c4cc6c(cc54)oc4c5ccccc5c5ccccc5c64)ccc3c2)cc1. The summed E-state index contributed by atoms with van der Waals surface area (Å²) in [4.78, 5) is 3.53. The van der Waals surface area contributed by atoms with Gasteiger partial charge in [-0.2, -0.15) is 0 Å². The molecular weight excluding hydrogens is 619 g/mol. The van der Waals surface area contributed by atoms with Crippen molar-refractivity contribution in [1.29, 1.82) is 0 Å². The van der Waals surface area contributed by atoms with E-state index in [0.717, 1.165) is 33.1 Å². The van der Waals surface area contributed by atoms with E-state index in [1.807, 2.05) is 24.3 Å². The maximum absolute atomic E-state index is 7.25. The van der Waals surface area contributed by atoms with Gasteiger partial charge >= 0.3 is 0 Å². The minimum absolute atomic E-state index is 0.658. The van der Waals surface area contributed by atoms with Crippen LogP contribution in [0.3, 0.4) is 0 Å². The summed E-state index contributed by atoms with van der Waals surface area (Å²) in [5, 5.41) is 17.0. The van der Waals surface area contributed by atoms with Crippen molar-refractivity contribution in [3.05, 3.63) is 175 Å². The topological polar surface area (TPSA) is 17.5 Å². The van der Waals surface area contributed by atoms with Gasteiger partial charge in [0.2, 0.25) is 0 Å². The maximum Gasteiger partial charge on any atom is 0.187 e. The Bertz CT molecular complexity index is 3300. The monoisotopic (exact) mass is 645 g/mol. The van der Waals surface area contributed by atoms with Crippen LogP contribution in [0.4, 0.5) is 5.69 Å². The molecule has 0 N–H and O–H groups in total. The maximum atomic E-state index is 7.25. The summed E-state index contributed by atoms with van der Waals surface area (Å²) in [6, 6.07) is 58.8. The van der Waals surface area contributed by atoms with Crippen molar-refractivity contribution < 1.29 is 4.42 Å². The molecule has 0 saturated heterocycles. The zero-order valence-corrected chi connectivity index (χ0v) is 27.4. The predicted octanol–water partition coefficient (Wildman–Crippen LogP) is 14.4. The number of hydrogen-bond acceptors (Lipinski definition) is 1. The summed E-state index contributed by atoms with van der Waals surface area (Å²) in [7, 11) is 0. The summed E-state index contributed by atoms with van der Waals surface area (Å²) in [5.41, 5.74) is 7.16. The molecule has 0 atom stereocenters. The fourth-order valence-electron chi connectivity index (χ4n) is 8.37. The molecule has 0 aliphatic carbocycles. The summed E-state index contributed by atoms with van der Waals surface area (Å²) in [6.07, 6.45) is 0. The Morgan fingerprint density at radius 1 is 0.353 bits per heavy atom. The molecule has 1 heterocycles. The number of nitrogens with zero attached hydrogens (tertiary/aromatic N) is 1. The van der Waals surface area contributed by atoms with Crippen molar-refractivity contribution in [2.45, 2.75) is 0 Å². The molecule has 0 fully saturated rings. The highest BCUT2D eigenvalue weighted by molar-refractivity contribution is 6.33. The lowest BCUT2D eigenvalue weighted by Gasteiger charge is -2.13. The van der Waals surface area contributed by atoms with Crippen molar-refractivity contribution in [3.63, 3.8) is 0 Å². The highest BCUT2D eigenvalue weighted by atomic mass is 16.3. The number of fused-ring (bicyclic) bond motifs is 15. The molecule has 1 aromatic heterocycles. The minimum Gasteiger partial charge on any atom is -0.455 e. The Morgan fingerprint density at radius 3 is 1.49 bits per heavy atom. The lowest BCUT2D eigenvalue weighted by Crippen LogP contribution is -1.86. The number of benzene rings is 10. The molecule has 0 bridgehead atoms. The Kier molecular flexibility index (Phi) is 5.77. The number of hydrogen-bond donors (Lipinski definition) is 0. The Morgan fingerprint density at radius 2 is 0.824 bits per heavy atom. The Hall–Kier alpha value is -6.95. The van der Waals surface area contributed by atoms with Gasteiger partial charge < -0.3 is 4.42 Å². The van der Waals surface area contributed by atoms with Gasteiger partial charge in [0, 0.05) is 16.2 Å². The van der Waals surface area contributed by atoms with Crippen LogP contribution in [0.1, 0.15) is 0 Å². The highest BCUT2D eigenvalue weighted by Gasteiger charge is 2.18. The molecule has 0 aliphatic heterocycles. The molecule has 0 spiro atoms. The fraction of sp³-hybridized carbons (Fsp3) is 0. The van der Waals surface area contributed by atoms with Gasteiger partial charge in [0.1, 0.15) is 11.2 Å². The van der Waals surface area contributed by atoms with E-state index in [1.165, 1.54) is 75.8 Å². The van der Waals surface area contributed by atoms with E-state index in [0.29, 0.717) is 5.69 Å². The van der Waals surface area contributed by atoms with Crippen LogP contribution in [0.25, 0.3) is 114 Å². The molecule has 11 aromatic rings. The molecule has 234 valence electrons. The molecule has 51 heavy (non-hydrogen) atoms. The first kappa shape index (κ1) is 27.9. The van der Waals surface area contributed by atoms with Crippen LogP contribution in [0, 0.1) is 6.57 Å². The first-order chi connectivity index (χ1) is 25.2. The molecule has 0 radical (unpaired) electrons. The van der Waals surface area contributed by atoms with Gasteiger partial charge in [0.05, 0.1) is 6.57 Å². The fourth-order valence-corrected chi connectivity index (χ4v) is 8.37. The van der Waals surface area contributed by atoms with E-state index in [9.17, 15) is 0 Å². The zero-order valence-electron chi connectivity index (χ0n) is 27.4. The standard InChI is InChI=1S/C49H27NO/c1-50-35-21-18-29(19-22-35)30-14-15-32-25-33(17-16-31(32)24-30)34-20-23-40-43(26-34)38-10-2-3-11-39(38)44-27-46-47(28-45(40)44)51-49-42-13-7-5-9-37(42)36-8-4-6-12-41(36)48(46)49/h2-28H. The zero-order chi connectivity index (χ0) is 33.6. The number of rotatable bonds is 2. The smallest absolute Gasteiger partial charge is 0.187 e. The van der Waals surface area contributed by atoms with E-state index in [1.54, 1.807) is 0 Å². The van der Waals surface area contributed by atoms with E-state index >= 15 is 0 Å². The number of furan rings is 1. The molecular formula is C49H27NO. The van der Waals surface area contributed by atoms with Gasteiger partial charge in [-0.25, -0.2) is 4.85 Å². The van der Waals surface area contributed by atoms with Crippen LogP contribution in [0.2, 0.25) is 0 Å². The van der Waals surface area contributed by atoms with Crippen LogP contribution in [0.5, 0.6) is 0 Å². The second kappa shape index (κ2) is 10.5. The van der Waals surface area contributed by atoms with Crippen LogP contribution in [0.15, 0.2) is 168 Å². The molecule has 10 aromatic carbocycles. The third kappa shape index (κ3) is 4.10. The predicted molar refractivity (Wildman–Crippen MR) is 216 cm³/mol. The summed E-state index contributed by atoms with van der Waals surface area (Å²) in [5.74, 6) is 0. The summed E-state index contributed by atoms with van der Waals surface area (Å²) >= 11 is 0. The van der Waals surface area contributed by atoms with Crippen molar-refractivity contribution >= 4 is 92.3 Å². The van der Waals surface area contributed by atoms with Crippen LogP contribution in [-0.2, 0) is 0 Å². The van der Waals surface area contributed by atoms with E-state index in [2.05, 4.69) is 144 Å². The van der Waals surface area contributed by atoms with Crippen molar-refractivity contribution in [1.82, 2.24) is 0 Å². The van der Waals surface area contributed by atoms with Crippen molar-refractivity contribution in [2.24, 2.45) is 0 Å². The average molecular weight is 646 g/mol. The average Bonchev–Trinajstić information content (AvgIpc) is 3.59. The molecule has 0 saturated carbocycles. The van der Waals surface area contributed by atoms with Gasteiger partial charge in [0.25, 0.3) is 0 Å².